The van der Waals surface area contributed by atoms with E-state index >= 15 is 0 Å². The minimum Gasteiger partial charge on any atom is -0.481 e. The second kappa shape index (κ2) is 8.56. The van der Waals surface area contributed by atoms with E-state index in [9.17, 15) is 4.79 Å². The molecule has 0 saturated heterocycles. The molecule has 0 unspecified atom stereocenters. The summed E-state index contributed by atoms with van der Waals surface area (Å²) < 4.78 is 1.90. The van der Waals surface area contributed by atoms with Gasteiger partial charge in [-0.05, 0) is 48.8 Å². The van der Waals surface area contributed by atoms with Crippen LogP contribution < -0.4 is 0 Å². The van der Waals surface area contributed by atoms with Gasteiger partial charge >= 0.3 is 5.97 Å². The Morgan fingerprint density at radius 3 is 2.68 bits per heavy atom. The molecule has 4 heterocycles. The number of nitrogens with zero attached hydrogens (tertiary/aromatic N) is 4. The van der Waals surface area contributed by atoms with Gasteiger partial charge in [0.05, 0.1) is 18.4 Å². The molecule has 1 fully saturated rings. The molecule has 2 aliphatic rings. The van der Waals surface area contributed by atoms with Gasteiger partial charge in [0.25, 0.3) is 0 Å². The summed E-state index contributed by atoms with van der Waals surface area (Å²) in [7, 11) is 0. The van der Waals surface area contributed by atoms with Crippen LogP contribution in [0.5, 0.6) is 0 Å². The maximum atomic E-state index is 11.1. The number of hydrogen-bond donors (Lipinski definition) is 2. The monoisotopic (exact) mass is 453 g/mol. The van der Waals surface area contributed by atoms with E-state index in [4.69, 9.17) is 15.1 Å². The predicted molar refractivity (Wildman–Crippen MR) is 132 cm³/mol. The lowest BCUT2D eigenvalue weighted by Crippen LogP contribution is -2.17. The Morgan fingerprint density at radius 2 is 1.94 bits per heavy atom. The number of aromatic nitrogens is 4. The van der Waals surface area contributed by atoms with Gasteiger partial charge < -0.3 is 10.1 Å². The van der Waals surface area contributed by atoms with Crippen LogP contribution in [-0.4, -0.2) is 42.9 Å². The second-order valence-electron chi connectivity index (χ2n) is 9.41. The minimum absolute atomic E-state index is 0.269. The maximum absolute atomic E-state index is 11.1. The third-order valence-corrected chi connectivity index (χ3v) is 7.31. The Bertz CT molecular complexity index is 1420. The number of nitrogens with one attached hydrogen (secondary N) is 1. The van der Waals surface area contributed by atoms with Crippen LogP contribution in [-0.2, 0) is 4.79 Å². The van der Waals surface area contributed by atoms with Gasteiger partial charge in [0.2, 0.25) is 0 Å². The van der Waals surface area contributed by atoms with Crippen molar-refractivity contribution in [3.05, 3.63) is 71.7 Å². The Balaban J connectivity index is 1.32. The lowest BCUT2D eigenvalue weighted by Gasteiger charge is -2.27. The Kier molecular flexibility index (Phi) is 5.24. The molecule has 1 saturated carbocycles. The van der Waals surface area contributed by atoms with Crippen molar-refractivity contribution in [1.82, 2.24) is 19.6 Å². The number of hydrogen-bond acceptors (Lipinski definition) is 4. The van der Waals surface area contributed by atoms with E-state index in [1.807, 2.05) is 35.1 Å². The van der Waals surface area contributed by atoms with Gasteiger partial charge in [0.1, 0.15) is 5.65 Å². The van der Waals surface area contributed by atoms with Crippen molar-refractivity contribution < 1.29 is 9.90 Å². The molecule has 2 N–H and O–H groups in total. The maximum Gasteiger partial charge on any atom is 0.303 e. The fourth-order valence-corrected chi connectivity index (χ4v) is 5.52. The molecule has 4 aromatic rings. The van der Waals surface area contributed by atoms with Crippen LogP contribution in [0.25, 0.3) is 22.3 Å². The number of rotatable bonds is 5. The van der Waals surface area contributed by atoms with E-state index in [1.165, 1.54) is 5.56 Å². The lowest BCUT2D eigenvalue weighted by atomic mass is 9.78. The molecule has 1 aliphatic heterocycles. The van der Waals surface area contributed by atoms with Gasteiger partial charge in [-0.2, -0.15) is 9.61 Å². The number of dihydropyridines is 1. The van der Waals surface area contributed by atoms with Gasteiger partial charge in [0, 0.05) is 41.6 Å². The van der Waals surface area contributed by atoms with Gasteiger partial charge in [-0.15, -0.1) is 0 Å². The smallest absolute Gasteiger partial charge is 0.303 e. The predicted octanol–water partition coefficient (Wildman–Crippen LogP) is 5.24. The number of carbonyl (C=O) groups is 1. The van der Waals surface area contributed by atoms with Crippen molar-refractivity contribution in [3.63, 3.8) is 0 Å². The number of aromatic amines is 1. The van der Waals surface area contributed by atoms with Crippen LogP contribution in [0.4, 0.5) is 0 Å². The van der Waals surface area contributed by atoms with Crippen LogP contribution in [0.15, 0.2) is 59.9 Å². The summed E-state index contributed by atoms with van der Waals surface area (Å²) in [5, 5.41) is 14.9. The van der Waals surface area contributed by atoms with E-state index in [-0.39, 0.29) is 12.3 Å². The van der Waals surface area contributed by atoms with Gasteiger partial charge in [0.15, 0.2) is 5.65 Å². The first-order chi connectivity index (χ1) is 16.7. The van der Waals surface area contributed by atoms with Crippen molar-refractivity contribution in [1.29, 1.82) is 0 Å². The van der Waals surface area contributed by atoms with Crippen LogP contribution in [0.2, 0.25) is 0 Å². The number of benzene rings is 1. The Morgan fingerprint density at radius 1 is 1.12 bits per heavy atom. The lowest BCUT2D eigenvalue weighted by molar-refractivity contribution is -0.138. The van der Waals surface area contributed by atoms with Crippen molar-refractivity contribution in [3.8, 4) is 0 Å². The van der Waals surface area contributed by atoms with Crippen molar-refractivity contribution in [2.24, 2.45) is 10.9 Å². The number of H-pyrrole nitrogens is 1. The number of fused-ring (bicyclic) bond motifs is 3. The highest BCUT2D eigenvalue weighted by Gasteiger charge is 2.28. The zero-order valence-corrected chi connectivity index (χ0v) is 18.9. The standard InChI is InChI=1S/C27H27N5O2/c33-24(34)14-17-6-8-19(9-7-17)25-21-12-13-28-26(21)32-27(31-25)22(16-30-32)20-10-11-23(29-15-20)18-4-2-1-3-5-18/h1-5,10,12-13,16-17,19,28H,6-9,11,14-15H2,(H,33,34). The number of aliphatic carboxylic acids is 1. The molecule has 7 heteroatoms. The van der Waals surface area contributed by atoms with Crippen molar-refractivity contribution >= 4 is 33.9 Å². The molecule has 172 valence electrons. The molecule has 6 rings (SSSR count). The normalized spacial score (nSPS) is 20.9. The summed E-state index contributed by atoms with van der Waals surface area (Å²) in [6.07, 6.45) is 11.0. The first-order valence-corrected chi connectivity index (χ1v) is 12.0. The highest BCUT2D eigenvalue weighted by atomic mass is 16.4. The Labute approximate surface area is 197 Å². The van der Waals surface area contributed by atoms with E-state index in [0.717, 1.165) is 71.3 Å². The number of aliphatic imine (C=N–C) groups is 1. The van der Waals surface area contributed by atoms with Crippen molar-refractivity contribution in [2.75, 3.05) is 6.54 Å². The first-order valence-electron chi connectivity index (χ1n) is 12.0. The number of carboxylic acids is 1. The second-order valence-corrected chi connectivity index (χ2v) is 9.41. The molecule has 7 nitrogen and oxygen atoms in total. The molecular formula is C27H27N5O2. The number of carboxylic acid groups (broad SMARTS) is 1. The van der Waals surface area contributed by atoms with Gasteiger partial charge in [-0.1, -0.05) is 36.4 Å². The third-order valence-electron chi connectivity index (χ3n) is 7.31. The molecular weight excluding hydrogens is 426 g/mol. The van der Waals surface area contributed by atoms with Gasteiger partial charge in [-0.3, -0.25) is 9.79 Å². The summed E-state index contributed by atoms with van der Waals surface area (Å²) >= 11 is 0. The fourth-order valence-electron chi connectivity index (χ4n) is 5.52. The van der Waals surface area contributed by atoms with Crippen LogP contribution in [0.1, 0.15) is 61.3 Å². The third kappa shape index (κ3) is 3.71. The number of allylic oxidation sites excluding steroid dienone is 1. The molecule has 0 amide bonds. The van der Waals surface area contributed by atoms with Crippen LogP contribution in [0.3, 0.4) is 0 Å². The molecule has 1 aromatic carbocycles. The van der Waals surface area contributed by atoms with Gasteiger partial charge in [-0.25, -0.2) is 4.98 Å². The van der Waals surface area contributed by atoms with E-state index < -0.39 is 5.97 Å². The SMILES string of the molecule is O=C(O)CC1CCC(c2nc3c(C4=CCC(c5ccccc5)=NC4)cnn3c3[nH]ccc23)CC1. The minimum atomic E-state index is -0.696. The fraction of sp³-hybridized carbons (Fsp3) is 0.333. The van der Waals surface area contributed by atoms with Crippen LogP contribution in [0, 0.1) is 5.92 Å². The largest absolute Gasteiger partial charge is 0.481 e. The summed E-state index contributed by atoms with van der Waals surface area (Å²) in [4.78, 5) is 24.5. The Hall–Kier alpha value is -3.74. The molecule has 0 radical (unpaired) electrons. The molecule has 34 heavy (non-hydrogen) atoms. The van der Waals surface area contributed by atoms with Crippen molar-refractivity contribution in [2.45, 2.75) is 44.4 Å². The topological polar surface area (TPSA) is 95.6 Å². The van der Waals surface area contributed by atoms with E-state index in [0.29, 0.717) is 12.5 Å². The quantitative estimate of drug-likeness (QED) is 0.432. The first kappa shape index (κ1) is 20.8. The highest BCUT2D eigenvalue weighted by molar-refractivity contribution is 6.04. The molecule has 3 aromatic heterocycles. The van der Waals surface area contributed by atoms with E-state index in [1.54, 1.807) is 0 Å². The highest BCUT2D eigenvalue weighted by Crippen LogP contribution is 2.39. The summed E-state index contributed by atoms with van der Waals surface area (Å²) in [6.45, 7) is 0.617. The molecule has 0 spiro atoms. The molecule has 1 aliphatic carbocycles. The van der Waals surface area contributed by atoms with E-state index in [2.05, 4.69) is 34.4 Å². The summed E-state index contributed by atoms with van der Waals surface area (Å²) in [6, 6.07) is 12.4. The average molecular weight is 454 g/mol. The zero-order valence-electron chi connectivity index (χ0n) is 18.9. The molecule has 0 atom stereocenters. The summed E-state index contributed by atoms with van der Waals surface area (Å²) in [5.74, 6) is -0.0910. The zero-order chi connectivity index (χ0) is 23.1. The molecule has 0 bridgehead atoms. The van der Waals surface area contributed by atoms with Crippen LogP contribution >= 0.6 is 0 Å². The summed E-state index contributed by atoms with van der Waals surface area (Å²) in [5.41, 5.74) is 7.40. The average Bonchev–Trinajstić information content (AvgIpc) is 3.52.